The second kappa shape index (κ2) is 6.00. The number of fused-ring (bicyclic) bond motifs is 1. The Morgan fingerprint density at radius 2 is 1.96 bits per heavy atom. The van der Waals surface area contributed by atoms with Gasteiger partial charge in [0.2, 0.25) is 0 Å². The van der Waals surface area contributed by atoms with Crippen LogP contribution in [0.2, 0.25) is 0 Å². The summed E-state index contributed by atoms with van der Waals surface area (Å²) < 4.78 is 1.78. The third kappa shape index (κ3) is 3.00. The minimum atomic E-state index is 0.0205. The Kier molecular flexibility index (Phi) is 4.19. The Morgan fingerprint density at radius 3 is 2.57 bits per heavy atom. The fraction of sp³-hybridized carbons (Fsp3) is 0.368. The van der Waals surface area contributed by atoms with Crippen molar-refractivity contribution in [3.63, 3.8) is 0 Å². The van der Waals surface area contributed by atoms with Gasteiger partial charge in [-0.15, -0.1) is 0 Å². The molecular weight excluding hydrogens is 304 g/mol. The maximum atomic E-state index is 12.7. The van der Waals surface area contributed by atoms with Crippen LogP contribution in [0.15, 0.2) is 40.8 Å². The Balaban J connectivity index is 2.14. The molecule has 2 aromatic rings. The van der Waals surface area contributed by atoms with E-state index >= 15 is 0 Å². The Labute approximate surface area is 141 Å². The zero-order valence-corrected chi connectivity index (χ0v) is 14.7. The van der Waals surface area contributed by atoms with Gasteiger partial charge in [0.25, 0.3) is 5.56 Å². The number of nitrogens with zero attached hydrogens (tertiary/aromatic N) is 2. The number of thioether (sulfide) groups is 1. The van der Waals surface area contributed by atoms with E-state index in [4.69, 9.17) is 4.98 Å². The summed E-state index contributed by atoms with van der Waals surface area (Å²) in [4.78, 5) is 17.5. The average Bonchev–Trinajstić information content (AvgIpc) is 2.54. The molecule has 120 valence electrons. The summed E-state index contributed by atoms with van der Waals surface area (Å²) in [6, 6.07) is 8.35. The minimum absolute atomic E-state index is 0.0205. The molecule has 1 aromatic carbocycles. The van der Waals surface area contributed by atoms with E-state index < -0.39 is 0 Å². The van der Waals surface area contributed by atoms with Crippen LogP contribution in [0.25, 0.3) is 17.3 Å². The fourth-order valence-corrected chi connectivity index (χ4v) is 3.72. The fourth-order valence-electron chi connectivity index (χ4n) is 2.78. The maximum Gasteiger partial charge on any atom is 0.262 e. The quantitative estimate of drug-likeness (QED) is 0.770. The van der Waals surface area contributed by atoms with E-state index in [1.807, 2.05) is 0 Å². The summed E-state index contributed by atoms with van der Waals surface area (Å²) in [5.74, 6) is 1.02. The highest BCUT2D eigenvalue weighted by Crippen LogP contribution is 2.29. The lowest BCUT2D eigenvalue weighted by Crippen LogP contribution is -2.28. The van der Waals surface area contributed by atoms with Crippen molar-refractivity contribution < 1.29 is 0 Å². The topological polar surface area (TPSA) is 34.9 Å². The van der Waals surface area contributed by atoms with Gasteiger partial charge in [-0.05, 0) is 17.4 Å². The molecule has 0 unspecified atom stereocenters. The van der Waals surface area contributed by atoms with Gasteiger partial charge in [-0.3, -0.25) is 9.36 Å². The van der Waals surface area contributed by atoms with Crippen LogP contribution < -0.4 is 5.56 Å². The van der Waals surface area contributed by atoms with E-state index in [2.05, 4.69) is 51.6 Å². The van der Waals surface area contributed by atoms with Crippen molar-refractivity contribution in [2.45, 2.75) is 44.3 Å². The van der Waals surface area contributed by atoms with Crippen molar-refractivity contribution in [3.8, 4) is 11.3 Å². The molecule has 0 N–H and O–H groups in total. The van der Waals surface area contributed by atoms with E-state index in [0.717, 1.165) is 35.1 Å². The van der Waals surface area contributed by atoms with E-state index in [0.29, 0.717) is 5.56 Å². The van der Waals surface area contributed by atoms with Gasteiger partial charge in [-0.2, -0.15) is 0 Å². The largest absolute Gasteiger partial charge is 0.287 e. The lowest BCUT2D eigenvalue weighted by molar-refractivity contribution is 0.563. The van der Waals surface area contributed by atoms with Crippen molar-refractivity contribution in [1.82, 2.24) is 9.55 Å². The molecule has 0 radical (unpaired) electrons. The van der Waals surface area contributed by atoms with Gasteiger partial charge in [-0.25, -0.2) is 4.98 Å². The molecule has 0 saturated carbocycles. The lowest BCUT2D eigenvalue weighted by Gasteiger charge is -2.21. The molecule has 4 heteroatoms. The molecule has 2 heterocycles. The van der Waals surface area contributed by atoms with Gasteiger partial charge in [0.1, 0.15) is 0 Å². The normalized spacial score (nSPS) is 14.4. The van der Waals surface area contributed by atoms with Crippen molar-refractivity contribution in [2.24, 2.45) is 0 Å². The molecule has 0 fully saturated rings. The number of hydrogen-bond donors (Lipinski definition) is 0. The number of hydrogen-bond acceptors (Lipinski definition) is 3. The maximum absolute atomic E-state index is 12.7. The second-order valence-electron chi connectivity index (χ2n) is 6.85. The summed E-state index contributed by atoms with van der Waals surface area (Å²) in [5, 5.41) is 0.821. The third-order valence-corrected chi connectivity index (χ3v) is 5.22. The van der Waals surface area contributed by atoms with Crippen molar-refractivity contribution in [2.75, 3.05) is 5.75 Å². The number of aromatic nitrogens is 2. The smallest absolute Gasteiger partial charge is 0.262 e. The zero-order chi connectivity index (χ0) is 16.6. The number of benzene rings is 1. The first kappa shape index (κ1) is 16.1. The van der Waals surface area contributed by atoms with Crippen LogP contribution in [0.1, 0.15) is 38.3 Å². The molecular formula is C19H22N2OS. The highest BCUT2D eigenvalue weighted by molar-refractivity contribution is 7.99. The number of rotatable bonds is 2. The molecule has 0 amide bonds. The van der Waals surface area contributed by atoms with Crippen molar-refractivity contribution in [3.05, 3.63) is 52.3 Å². The Hall–Kier alpha value is -1.81. The van der Waals surface area contributed by atoms with E-state index in [1.54, 1.807) is 22.4 Å². The Morgan fingerprint density at radius 1 is 1.26 bits per heavy atom. The first-order chi connectivity index (χ1) is 10.9. The standard InChI is InChI=1S/C19H22N2OS/c1-5-15-16(13-7-9-14(10-8-13)19(2,3)4)20-18-21(17(15)22)11-6-12-23-18/h5,7-10H,1,6,11-12H2,2-4H3. The van der Waals surface area contributed by atoms with Crippen LogP contribution in [0.5, 0.6) is 0 Å². The predicted octanol–water partition coefficient (Wildman–Crippen LogP) is 4.35. The molecule has 3 rings (SSSR count). The molecule has 3 nitrogen and oxygen atoms in total. The van der Waals surface area contributed by atoms with E-state index in [9.17, 15) is 4.79 Å². The highest BCUT2D eigenvalue weighted by atomic mass is 32.2. The molecule has 1 aliphatic heterocycles. The summed E-state index contributed by atoms with van der Waals surface area (Å²) in [5.41, 5.74) is 3.71. The molecule has 23 heavy (non-hydrogen) atoms. The van der Waals surface area contributed by atoms with Crippen molar-refractivity contribution in [1.29, 1.82) is 0 Å². The molecule has 0 atom stereocenters. The lowest BCUT2D eigenvalue weighted by atomic mass is 9.86. The summed E-state index contributed by atoms with van der Waals surface area (Å²) in [6.45, 7) is 11.1. The molecule has 1 aliphatic rings. The molecule has 0 saturated heterocycles. The SMILES string of the molecule is C=Cc1c(-c2ccc(C(C)(C)C)cc2)nc2n(c1=O)CCCS2. The molecule has 0 spiro atoms. The monoisotopic (exact) mass is 326 g/mol. The van der Waals surface area contributed by atoms with Gasteiger partial charge in [0, 0.05) is 17.9 Å². The van der Waals surface area contributed by atoms with Gasteiger partial charge in [-0.1, -0.05) is 69.5 Å². The van der Waals surface area contributed by atoms with E-state index in [1.165, 1.54) is 5.56 Å². The summed E-state index contributed by atoms with van der Waals surface area (Å²) >= 11 is 1.66. The van der Waals surface area contributed by atoms with Crippen LogP contribution >= 0.6 is 11.8 Å². The predicted molar refractivity (Wildman–Crippen MR) is 98.1 cm³/mol. The van der Waals surface area contributed by atoms with Gasteiger partial charge in [0.15, 0.2) is 5.16 Å². The van der Waals surface area contributed by atoms with Crippen LogP contribution in [-0.2, 0) is 12.0 Å². The first-order valence-electron chi connectivity index (χ1n) is 7.93. The van der Waals surface area contributed by atoms with E-state index in [-0.39, 0.29) is 11.0 Å². The molecule has 0 bridgehead atoms. The highest BCUT2D eigenvalue weighted by Gasteiger charge is 2.19. The van der Waals surface area contributed by atoms with Gasteiger partial charge in [0.05, 0.1) is 11.3 Å². The van der Waals surface area contributed by atoms with Crippen LogP contribution in [-0.4, -0.2) is 15.3 Å². The second-order valence-corrected chi connectivity index (χ2v) is 7.91. The van der Waals surface area contributed by atoms with Crippen LogP contribution in [0.3, 0.4) is 0 Å². The minimum Gasteiger partial charge on any atom is -0.287 e. The summed E-state index contributed by atoms with van der Waals surface area (Å²) in [6.07, 6.45) is 2.64. The third-order valence-electron chi connectivity index (χ3n) is 4.15. The van der Waals surface area contributed by atoms with Crippen LogP contribution in [0.4, 0.5) is 0 Å². The van der Waals surface area contributed by atoms with Crippen molar-refractivity contribution >= 4 is 17.8 Å². The Bertz CT molecular complexity index is 798. The first-order valence-corrected chi connectivity index (χ1v) is 8.91. The zero-order valence-electron chi connectivity index (χ0n) is 13.9. The molecule has 0 aliphatic carbocycles. The summed E-state index contributed by atoms with van der Waals surface area (Å²) in [7, 11) is 0. The van der Waals surface area contributed by atoms with Gasteiger partial charge >= 0.3 is 0 Å². The molecule has 1 aromatic heterocycles. The van der Waals surface area contributed by atoms with Crippen LogP contribution in [0, 0.1) is 0 Å². The average molecular weight is 326 g/mol. The van der Waals surface area contributed by atoms with Gasteiger partial charge < -0.3 is 0 Å².